The lowest BCUT2D eigenvalue weighted by atomic mass is 9.96. The molecular weight excluding hydrogens is 465 g/mol. The molecule has 31 heavy (non-hydrogen) atoms. The molecule has 0 aliphatic heterocycles. The Morgan fingerprint density at radius 2 is 1.48 bits per heavy atom. The maximum absolute atomic E-state index is 11.8. The molecule has 0 saturated carbocycles. The van der Waals surface area contributed by atoms with Gasteiger partial charge in [-0.15, -0.1) is 0 Å². The van der Waals surface area contributed by atoms with Crippen molar-refractivity contribution in [2.45, 2.75) is 69.3 Å². The first-order chi connectivity index (χ1) is 13.9. The normalized spacial score (nSPS) is 12.7. The molecule has 0 saturated heterocycles. The molecule has 9 heteroatoms. The summed E-state index contributed by atoms with van der Waals surface area (Å²) in [7, 11) is 1.33. The summed E-state index contributed by atoms with van der Waals surface area (Å²) >= 11 is 15.9. The highest BCUT2D eigenvalue weighted by molar-refractivity contribution is 6.76. The third-order valence-electron chi connectivity index (χ3n) is 3.44. The van der Waals surface area contributed by atoms with Gasteiger partial charge in [0.25, 0.3) is 9.70 Å². The minimum atomic E-state index is -1.87. The number of alkyl halides is 3. The molecule has 1 amide bonds. The van der Waals surface area contributed by atoms with E-state index in [9.17, 15) is 14.4 Å². The zero-order valence-electron chi connectivity index (χ0n) is 19.1. The smallest absolute Gasteiger partial charge is 0.309 e. The second-order valence-electron chi connectivity index (χ2n) is 8.90. The van der Waals surface area contributed by atoms with E-state index < -0.39 is 21.2 Å². The molecule has 6 nitrogen and oxygen atoms in total. The highest BCUT2D eigenvalue weighted by Crippen LogP contribution is 2.26. The minimum absolute atomic E-state index is 0.0266. The lowest BCUT2D eigenvalue weighted by Crippen LogP contribution is -2.46. The summed E-state index contributed by atoms with van der Waals surface area (Å²) in [6.07, 6.45) is 0.492. The van der Waals surface area contributed by atoms with Crippen molar-refractivity contribution in [3.8, 4) is 0 Å². The predicted molar refractivity (Wildman–Crippen MR) is 124 cm³/mol. The molecule has 0 aromatic heterocycles. The Bertz CT molecular complexity index is 719. The first kappa shape index (κ1) is 29.5. The Balaban J connectivity index is 0.000000695. The SMILES string of the molecule is CC(C)(C)NC(=O)C(Cl)(Cl)Cl.COC(=O)[C@@H](CC(=O)OC(C)(C)C)Cc1ccccc1. The van der Waals surface area contributed by atoms with Gasteiger partial charge in [-0.05, 0) is 53.5 Å². The molecule has 0 unspecified atom stereocenters. The molecule has 176 valence electrons. The monoisotopic (exact) mass is 495 g/mol. The Labute approximate surface area is 199 Å². The van der Waals surface area contributed by atoms with E-state index in [1.54, 1.807) is 41.5 Å². The van der Waals surface area contributed by atoms with Gasteiger partial charge in [0.15, 0.2) is 0 Å². The van der Waals surface area contributed by atoms with E-state index in [0.717, 1.165) is 5.56 Å². The number of esters is 2. The van der Waals surface area contributed by atoms with Gasteiger partial charge in [-0.1, -0.05) is 65.1 Å². The number of carbonyl (C=O) groups is 3. The highest BCUT2D eigenvalue weighted by Gasteiger charge is 2.32. The molecule has 0 fully saturated rings. The van der Waals surface area contributed by atoms with Gasteiger partial charge in [-0.3, -0.25) is 14.4 Å². The number of hydrogen-bond acceptors (Lipinski definition) is 5. The van der Waals surface area contributed by atoms with Crippen molar-refractivity contribution in [3.05, 3.63) is 35.9 Å². The van der Waals surface area contributed by atoms with E-state index in [1.165, 1.54) is 7.11 Å². The summed E-state index contributed by atoms with van der Waals surface area (Å²) in [6.45, 7) is 10.8. The second kappa shape index (κ2) is 12.5. The number of amides is 1. The van der Waals surface area contributed by atoms with Gasteiger partial charge in [0.2, 0.25) is 0 Å². The molecule has 1 aromatic rings. The van der Waals surface area contributed by atoms with Gasteiger partial charge in [0.05, 0.1) is 19.4 Å². The van der Waals surface area contributed by atoms with Crippen LogP contribution in [0.4, 0.5) is 0 Å². The zero-order chi connectivity index (χ0) is 24.5. The number of ether oxygens (including phenoxy) is 2. The quantitative estimate of drug-likeness (QED) is 0.457. The van der Waals surface area contributed by atoms with E-state index in [0.29, 0.717) is 6.42 Å². The lowest BCUT2D eigenvalue weighted by molar-refractivity contribution is -0.160. The first-order valence-corrected chi connectivity index (χ1v) is 10.8. The summed E-state index contributed by atoms with van der Waals surface area (Å²) in [4.78, 5) is 34.6. The molecule has 1 N–H and O–H groups in total. The topological polar surface area (TPSA) is 81.7 Å². The number of hydrogen-bond donors (Lipinski definition) is 1. The fraction of sp³-hybridized carbons (Fsp3) is 0.591. The number of carbonyl (C=O) groups excluding carboxylic acids is 3. The van der Waals surface area contributed by atoms with Crippen molar-refractivity contribution in [3.63, 3.8) is 0 Å². The van der Waals surface area contributed by atoms with Crippen LogP contribution in [-0.2, 0) is 30.3 Å². The van der Waals surface area contributed by atoms with Crippen molar-refractivity contribution in [2.75, 3.05) is 7.11 Å². The Hall–Kier alpha value is -1.50. The molecule has 0 heterocycles. The van der Waals surface area contributed by atoms with Crippen LogP contribution in [0, 0.1) is 5.92 Å². The number of halogens is 3. The summed E-state index contributed by atoms with van der Waals surface area (Å²) in [5.74, 6) is -1.89. The van der Waals surface area contributed by atoms with Gasteiger partial charge in [-0.2, -0.15) is 0 Å². The second-order valence-corrected chi connectivity index (χ2v) is 11.2. The fourth-order valence-electron chi connectivity index (χ4n) is 2.30. The van der Waals surface area contributed by atoms with Gasteiger partial charge >= 0.3 is 11.9 Å². The van der Waals surface area contributed by atoms with Crippen molar-refractivity contribution in [1.29, 1.82) is 0 Å². The minimum Gasteiger partial charge on any atom is -0.469 e. The Kier molecular flexibility index (Phi) is 11.9. The summed E-state index contributed by atoms with van der Waals surface area (Å²) in [5.41, 5.74) is 0.0670. The third kappa shape index (κ3) is 15.0. The van der Waals surface area contributed by atoms with Crippen molar-refractivity contribution >= 4 is 52.6 Å². The van der Waals surface area contributed by atoms with Crippen LogP contribution < -0.4 is 5.32 Å². The third-order valence-corrected chi connectivity index (χ3v) is 3.95. The van der Waals surface area contributed by atoms with Gasteiger partial charge < -0.3 is 14.8 Å². The van der Waals surface area contributed by atoms with Crippen LogP contribution in [0.5, 0.6) is 0 Å². The van der Waals surface area contributed by atoms with Gasteiger partial charge in [0.1, 0.15) is 5.60 Å². The predicted octanol–water partition coefficient (Wildman–Crippen LogP) is 5.02. The van der Waals surface area contributed by atoms with Crippen LogP contribution in [-0.4, -0.2) is 39.9 Å². The van der Waals surface area contributed by atoms with Crippen LogP contribution in [0.25, 0.3) is 0 Å². The summed E-state index contributed by atoms with van der Waals surface area (Å²) in [5, 5.41) is 2.52. The lowest BCUT2D eigenvalue weighted by Gasteiger charge is -2.23. The van der Waals surface area contributed by atoms with E-state index in [-0.39, 0.29) is 23.9 Å². The Morgan fingerprint density at radius 1 is 0.968 bits per heavy atom. The maximum atomic E-state index is 11.8. The van der Waals surface area contributed by atoms with Crippen LogP contribution in [0.2, 0.25) is 0 Å². The summed E-state index contributed by atoms with van der Waals surface area (Å²) in [6, 6.07) is 9.55. The fourth-order valence-corrected chi connectivity index (χ4v) is 2.44. The van der Waals surface area contributed by atoms with E-state index in [2.05, 4.69) is 5.32 Å². The molecule has 1 atom stereocenters. The Morgan fingerprint density at radius 3 is 1.84 bits per heavy atom. The van der Waals surface area contributed by atoms with Gasteiger partial charge in [0, 0.05) is 5.54 Å². The number of methoxy groups -OCH3 is 1. The standard InChI is InChI=1S/C16H22O4.C6H10Cl3NO/c1-16(2,3)20-14(17)11-13(15(18)19-4)10-12-8-6-5-7-9-12;1-5(2,3)10-4(11)6(7,8)9/h5-9,13H,10-11H2,1-4H3;1-3H3,(H,10,11)/t13-;/m1./s1. The number of rotatable bonds is 5. The zero-order valence-corrected chi connectivity index (χ0v) is 21.3. The molecule has 1 rings (SSSR count). The highest BCUT2D eigenvalue weighted by atomic mass is 35.6. The van der Waals surface area contributed by atoms with Crippen molar-refractivity contribution in [2.24, 2.45) is 5.92 Å². The molecule has 0 aliphatic carbocycles. The molecule has 0 aliphatic rings. The van der Waals surface area contributed by atoms with E-state index >= 15 is 0 Å². The number of benzene rings is 1. The van der Waals surface area contributed by atoms with Crippen LogP contribution in [0.3, 0.4) is 0 Å². The van der Waals surface area contributed by atoms with Gasteiger partial charge in [-0.25, -0.2) is 0 Å². The van der Waals surface area contributed by atoms with Crippen molar-refractivity contribution < 1.29 is 23.9 Å². The molecule has 1 aromatic carbocycles. The maximum Gasteiger partial charge on any atom is 0.309 e. The van der Waals surface area contributed by atoms with Crippen LogP contribution in [0.1, 0.15) is 53.5 Å². The summed E-state index contributed by atoms with van der Waals surface area (Å²) < 4.78 is 8.15. The average Bonchev–Trinajstić information content (AvgIpc) is 2.58. The van der Waals surface area contributed by atoms with E-state index in [1.807, 2.05) is 30.3 Å². The van der Waals surface area contributed by atoms with E-state index in [4.69, 9.17) is 44.3 Å². The van der Waals surface area contributed by atoms with Crippen LogP contribution in [0.15, 0.2) is 30.3 Å². The average molecular weight is 497 g/mol. The molecule has 0 bridgehead atoms. The molecule has 0 spiro atoms. The van der Waals surface area contributed by atoms with Crippen molar-refractivity contribution in [1.82, 2.24) is 5.32 Å². The first-order valence-electron chi connectivity index (χ1n) is 9.67. The largest absolute Gasteiger partial charge is 0.469 e. The number of nitrogens with one attached hydrogen (secondary N) is 1. The molecular formula is C22H32Cl3NO5. The van der Waals surface area contributed by atoms with Crippen LogP contribution >= 0.6 is 34.8 Å². The molecule has 0 radical (unpaired) electrons.